The molecule has 4 heterocycles. The van der Waals surface area contributed by atoms with E-state index in [4.69, 9.17) is 0 Å². The molecule has 4 aliphatic heterocycles. The van der Waals surface area contributed by atoms with Crippen molar-refractivity contribution in [3.05, 3.63) is 387 Å². The van der Waals surface area contributed by atoms with Crippen LogP contribution in [0.4, 0.5) is 96.7 Å². The molecule has 1 aliphatic carbocycles. The van der Waals surface area contributed by atoms with E-state index >= 15 is 0 Å². The second-order valence-electron chi connectivity index (χ2n) is 25.9. The third-order valence-corrected chi connectivity index (χ3v) is 20.4. The number of benzene rings is 14. The molecule has 14 aromatic carbocycles. The monoisotopic (exact) mass is 1250 g/mol. The lowest BCUT2D eigenvalue weighted by atomic mass is 9.30. The van der Waals surface area contributed by atoms with Crippen LogP contribution in [0, 0.1) is 0 Å². The predicted molar refractivity (Wildman–Crippen MR) is 414 cm³/mol. The van der Waals surface area contributed by atoms with Gasteiger partial charge in [-0.3, -0.25) is 0 Å². The second-order valence-corrected chi connectivity index (χ2v) is 25.9. The van der Waals surface area contributed by atoms with Crippen molar-refractivity contribution in [2.24, 2.45) is 0 Å². The Morgan fingerprint density at radius 2 is 0.592 bits per heavy atom. The van der Waals surface area contributed by atoms with Crippen LogP contribution in [0.3, 0.4) is 0 Å². The molecule has 14 aromatic rings. The van der Waals surface area contributed by atoms with Gasteiger partial charge in [0.15, 0.2) is 0 Å². The van der Waals surface area contributed by atoms with E-state index < -0.39 is 0 Å². The minimum Gasteiger partial charge on any atom is -0.314 e. The molecule has 98 heavy (non-hydrogen) atoms. The van der Waals surface area contributed by atoms with Crippen molar-refractivity contribution in [3.63, 3.8) is 0 Å². The number of anilines is 17. The van der Waals surface area contributed by atoms with Crippen molar-refractivity contribution in [1.29, 1.82) is 0 Å². The molecule has 0 saturated heterocycles. The highest BCUT2D eigenvalue weighted by molar-refractivity contribution is 7.03. The minimum absolute atomic E-state index is 0.0520. The van der Waals surface area contributed by atoms with Gasteiger partial charge in [-0.15, -0.1) is 0 Å². The zero-order valence-electron chi connectivity index (χ0n) is 53.8. The summed E-state index contributed by atoms with van der Waals surface area (Å²) in [7, 11) is 0. The smallest absolute Gasteiger partial charge is 0.252 e. The number of rotatable bonds is 12. The molecule has 460 valence electrons. The third kappa shape index (κ3) is 9.28. The van der Waals surface area contributed by atoms with Crippen molar-refractivity contribution in [3.8, 4) is 0 Å². The summed E-state index contributed by atoms with van der Waals surface area (Å²) in [5.74, 6) is -0.0520. The van der Waals surface area contributed by atoms with Gasteiger partial charge in [0.25, 0.3) is 13.4 Å². The van der Waals surface area contributed by atoms with Gasteiger partial charge in [0, 0.05) is 102 Å². The number of allylic oxidation sites excluding steroid dienone is 4. The van der Waals surface area contributed by atoms with E-state index in [2.05, 4.69) is 399 Å². The van der Waals surface area contributed by atoms with Crippen molar-refractivity contribution in [2.45, 2.75) is 12.3 Å². The molecule has 8 heteroatoms. The number of hydrogen-bond donors (Lipinski definition) is 0. The summed E-state index contributed by atoms with van der Waals surface area (Å²) < 4.78 is 0. The van der Waals surface area contributed by atoms with E-state index in [1.54, 1.807) is 0 Å². The molecule has 1 atom stereocenters. The van der Waals surface area contributed by atoms with Crippen LogP contribution in [0.25, 0.3) is 5.57 Å². The molecule has 19 rings (SSSR count). The molecule has 0 radical (unpaired) electrons. The lowest BCUT2D eigenvalue weighted by Crippen LogP contribution is -2.65. The number of para-hydroxylation sites is 9. The molecule has 6 nitrogen and oxygen atoms in total. The standard InChI is InChI=1S/C90H64B2N6/c1-10-33-63(34-11-1)74-51-32-52-75(64-35-12-2-13-36-64)90(74)98-83-62-82-78(61-79(83)92-77-54-29-31-56-81(77)96(70-47-24-8-25-48-70)85-58-73(60-87(98)89(85)92)94(67-41-18-5-19-42-67)68-43-20-6-21-44-68)91-76-53-28-30-55-80(76)95(69-45-22-7-23-46-69)84-57-72(59-86(88(84)91)97(82)71-49-26-9-27-50-71)93(65-37-14-3-15-38-65)66-39-16-4-17-40-66/h1-51,53-62,75H,52H2. The Hall–Kier alpha value is -12.5. The van der Waals surface area contributed by atoms with Crippen molar-refractivity contribution in [2.75, 3.05) is 29.4 Å². The SMILES string of the molecule is C1=CC(c2ccccc2)=C(N2c3cc4c(cc3B3c5ccccc5N(c5ccccc5)c5cc(N(c6ccccc6)c6ccccc6)cc2c53)B2c3ccccc3N(c3ccccc3)c3cc(N(c5ccccc5)c5ccccc5)cc(c32)N4c2ccccc2)C(c2ccccc2)C1. The van der Waals surface area contributed by atoms with Gasteiger partial charge in [-0.25, -0.2) is 0 Å². The minimum atomic E-state index is -0.211. The van der Waals surface area contributed by atoms with Crippen LogP contribution in [0.2, 0.25) is 0 Å². The molecule has 0 aromatic heterocycles. The third-order valence-electron chi connectivity index (χ3n) is 20.4. The summed E-state index contributed by atoms with van der Waals surface area (Å²) in [6.07, 6.45) is 5.63. The maximum Gasteiger partial charge on any atom is 0.252 e. The highest BCUT2D eigenvalue weighted by Crippen LogP contribution is 2.54. The maximum absolute atomic E-state index is 2.75. The van der Waals surface area contributed by atoms with Crippen LogP contribution in [-0.2, 0) is 0 Å². The van der Waals surface area contributed by atoms with Gasteiger partial charge >= 0.3 is 0 Å². The normalized spacial score (nSPS) is 14.4. The summed E-state index contributed by atoms with van der Waals surface area (Å²) in [5.41, 5.74) is 31.1. The van der Waals surface area contributed by atoms with Crippen LogP contribution in [0.15, 0.2) is 376 Å². The number of nitrogens with zero attached hydrogens (tertiary/aromatic N) is 6. The first-order chi connectivity index (χ1) is 48.7. The van der Waals surface area contributed by atoms with E-state index in [1.807, 2.05) is 0 Å². The topological polar surface area (TPSA) is 19.4 Å². The van der Waals surface area contributed by atoms with Crippen LogP contribution in [-0.4, -0.2) is 13.4 Å². The lowest BCUT2D eigenvalue weighted by molar-refractivity contribution is 0.779. The van der Waals surface area contributed by atoms with Crippen LogP contribution >= 0.6 is 0 Å². The summed E-state index contributed by atoms with van der Waals surface area (Å²) in [6, 6.07) is 133. The summed E-state index contributed by atoms with van der Waals surface area (Å²) >= 11 is 0. The fourth-order valence-corrected chi connectivity index (χ4v) is 16.5. The van der Waals surface area contributed by atoms with Gasteiger partial charge in [-0.1, -0.05) is 243 Å². The quantitative estimate of drug-likeness (QED) is 0.113. The van der Waals surface area contributed by atoms with Crippen LogP contribution in [0.1, 0.15) is 23.5 Å². The first-order valence-corrected chi connectivity index (χ1v) is 34.1. The molecular formula is C90H64B2N6. The first-order valence-electron chi connectivity index (χ1n) is 34.1. The van der Waals surface area contributed by atoms with Gasteiger partial charge in [-0.05, 0) is 178 Å². The van der Waals surface area contributed by atoms with E-state index in [9.17, 15) is 0 Å². The molecule has 0 bridgehead atoms. The molecular weight excluding hydrogens is 1190 g/mol. The van der Waals surface area contributed by atoms with Crippen LogP contribution in [0.5, 0.6) is 0 Å². The van der Waals surface area contributed by atoms with E-state index in [0.717, 1.165) is 103 Å². The largest absolute Gasteiger partial charge is 0.314 e. The molecule has 0 N–H and O–H groups in total. The van der Waals surface area contributed by atoms with Gasteiger partial charge in [0.1, 0.15) is 0 Å². The average molecular weight is 1250 g/mol. The Balaban J connectivity index is 0.975. The summed E-state index contributed by atoms with van der Waals surface area (Å²) in [5, 5.41) is 0. The Bertz CT molecular complexity index is 5320. The average Bonchev–Trinajstić information content (AvgIpc) is 0.683. The Morgan fingerprint density at radius 3 is 1.00 bits per heavy atom. The molecule has 0 saturated carbocycles. The zero-order chi connectivity index (χ0) is 64.6. The molecule has 0 spiro atoms. The Labute approximate surface area is 573 Å². The molecule has 5 aliphatic rings. The fraction of sp³-hybridized carbons (Fsp3) is 0.0222. The van der Waals surface area contributed by atoms with Gasteiger partial charge < -0.3 is 29.4 Å². The van der Waals surface area contributed by atoms with Crippen molar-refractivity contribution >= 4 is 148 Å². The number of fused-ring (bicyclic) bond motifs is 8. The first kappa shape index (κ1) is 57.0. The van der Waals surface area contributed by atoms with E-state index in [-0.39, 0.29) is 19.3 Å². The molecule has 0 amide bonds. The van der Waals surface area contributed by atoms with Gasteiger partial charge in [0.05, 0.1) is 11.4 Å². The molecule has 0 fully saturated rings. The zero-order valence-corrected chi connectivity index (χ0v) is 53.8. The van der Waals surface area contributed by atoms with Crippen LogP contribution < -0.4 is 62.2 Å². The summed E-state index contributed by atoms with van der Waals surface area (Å²) in [6.45, 7) is -0.403. The Kier molecular flexibility index (Phi) is 13.8. The second kappa shape index (κ2) is 23.7. The van der Waals surface area contributed by atoms with Crippen molar-refractivity contribution in [1.82, 2.24) is 0 Å². The highest BCUT2D eigenvalue weighted by Gasteiger charge is 2.50. The highest BCUT2D eigenvalue weighted by atomic mass is 15.2. The van der Waals surface area contributed by atoms with Gasteiger partial charge in [-0.2, -0.15) is 0 Å². The predicted octanol–water partition coefficient (Wildman–Crippen LogP) is 19.6. The maximum atomic E-state index is 2.75. The number of hydrogen-bond acceptors (Lipinski definition) is 6. The van der Waals surface area contributed by atoms with E-state index in [1.165, 1.54) is 55.2 Å². The Morgan fingerprint density at radius 1 is 0.265 bits per heavy atom. The lowest BCUT2D eigenvalue weighted by Gasteiger charge is -2.49. The fourth-order valence-electron chi connectivity index (χ4n) is 16.5. The van der Waals surface area contributed by atoms with E-state index in [0.29, 0.717) is 0 Å². The molecule has 1 unspecified atom stereocenters. The van der Waals surface area contributed by atoms with Gasteiger partial charge in [0.2, 0.25) is 0 Å². The summed E-state index contributed by atoms with van der Waals surface area (Å²) in [4.78, 5) is 15.3. The van der Waals surface area contributed by atoms with Crippen molar-refractivity contribution < 1.29 is 0 Å².